The Morgan fingerprint density at radius 3 is 2.20 bits per heavy atom. The summed E-state index contributed by atoms with van der Waals surface area (Å²) in [5, 5.41) is 20.3. The van der Waals surface area contributed by atoms with Gasteiger partial charge >= 0.3 is 0 Å². The summed E-state index contributed by atoms with van der Waals surface area (Å²) in [5.41, 5.74) is -1.35. The molecule has 0 saturated heterocycles. The molecule has 0 radical (unpaired) electrons. The molecule has 2 amide bonds. The van der Waals surface area contributed by atoms with Crippen molar-refractivity contribution in [3.63, 3.8) is 0 Å². The molecular formula is C16H16F2N2O5. The third-order valence-corrected chi connectivity index (χ3v) is 3.20. The highest BCUT2D eigenvalue weighted by molar-refractivity contribution is 5.98. The van der Waals surface area contributed by atoms with E-state index in [1.54, 1.807) is 0 Å². The van der Waals surface area contributed by atoms with E-state index in [1.807, 2.05) is 5.32 Å². The molecule has 0 saturated carbocycles. The van der Waals surface area contributed by atoms with Gasteiger partial charge in [-0.15, -0.1) is 0 Å². The number of benzene rings is 1. The van der Waals surface area contributed by atoms with Crippen molar-refractivity contribution >= 4 is 17.6 Å². The van der Waals surface area contributed by atoms with Crippen LogP contribution in [0.25, 0.3) is 0 Å². The maximum atomic E-state index is 12.9. The Labute approximate surface area is 142 Å². The third kappa shape index (κ3) is 5.34. The summed E-state index contributed by atoms with van der Waals surface area (Å²) in [6, 6.07) is 3.32. The molecule has 0 fully saturated rings. The van der Waals surface area contributed by atoms with Crippen LogP contribution in [0.15, 0.2) is 24.3 Å². The van der Waals surface area contributed by atoms with Crippen LogP contribution in [0.4, 0.5) is 8.78 Å². The smallest absolute Gasteiger partial charge is 0.269 e. The van der Waals surface area contributed by atoms with Gasteiger partial charge in [0.05, 0.1) is 0 Å². The fraction of sp³-hybridized carbons (Fsp3) is 0.312. The molecule has 0 spiro atoms. The lowest BCUT2D eigenvalue weighted by Crippen LogP contribution is -2.61. The average molecular weight is 354 g/mol. The van der Waals surface area contributed by atoms with Crippen molar-refractivity contribution in [1.29, 1.82) is 0 Å². The predicted molar refractivity (Wildman–Crippen MR) is 81.8 cm³/mol. The SMILES string of the molecule is CC(=O)C#Cc1ccc(C(=O)N[C@H](C(=O)NO)C(C)(O)C(F)F)cc1. The van der Waals surface area contributed by atoms with E-state index in [2.05, 4.69) is 11.8 Å². The quantitative estimate of drug-likeness (QED) is 0.344. The summed E-state index contributed by atoms with van der Waals surface area (Å²) in [6.07, 6.45) is -3.36. The first-order valence-electron chi connectivity index (χ1n) is 6.97. The Balaban J connectivity index is 3.00. The van der Waals surface area contributed by atoms with Crippen LogP contribution in [0.2, 0.25) is 0 Å². The molecule has 1 aromatic carbocycles. The molecule has 0 aromatic heterocycles. The zero-order valence-corrected chi connectivity index (χ0v) is 13.3. The third-order valence-electron chi connectivity index (χ3n) is 3.20. The number of rotatable bonds is 5. The fourth-order valence-electron chi connectivity index (χ4n) is 1.75. The molecule has 0 heterocycles. The van der Waals surface area contributed by atoms with E-state index < -0.39 is 29.9 Å². The molecule has 4 N–H and O–H groups in total. The largest absolute Gasteiger partial charge is 0.381 e. The first-order chi connectivity index (χ1) is 11.6. The van der Waals surface area contributed by atoms with Gasteiger partial charge < -0.3 is 10.4 Å². The second-order valence-electron chi connectivity index (χ2n) is 5.29. The highest BCUT2D eigenvalue weighted by Crippen LogP contribution is 2.20. The van der Waals surface area contributed by atoms with Gasteiger partial charge in [0.1, 0.15) is 6.04 Å². The van der Waals surface area contributed by atoms with Crippen molar-refractivity contribution in [3.05, 3.63) is 35.4 Å². The normalized spacial score (nSPS) is 13.9. The van der Waals surface area contributed by atoms with Gasteiger partial charge in [0.25, 0.3) is 18.2 Å². The van der Waals surface area contributed by atoms with Crippen molar-refractivity contribution < 1.29 is 33.5 Å². The summed E-state index contributed by atoms with van der Waals surface area (Å²) in [4.78, 5) is 34.4. The lowest BCUT2D eigenvalue weighted by atomic mass is 9.95. The standard InChI is InChI=1S/C16H16F2N2O5/c1-9(21)3-4-10-5-7-11(8-6-10)13(22)19-12(14(23)20-25)16(2,24)15(17)18/h5-8,12,15,24-25H,1-2H3,(H,19,22)(H,20,23)/t12-,16?/m1/s1. The maximum absolute atomic E-state index is 12.9. The van der Waals surface area contributed by atoms with Crippen molar-refractivity contribution in [1.82, 2.24) is 10.8 Å². The van der Waals surface area contributed by atoms with Crippen LogP contribution in [-0.2, 0) is 9.59 Å². The first-order valence-corrected chi connectivity index (χ1v) is 6.97. The number of alkyl halides is 2. The van der Waals surface area contributed by atoms with E-state index in [4.69, 9.17) is 5.21 Å². The number of amides is 2. The Bertz CT molecular complexity index is 720. The van der Waals surface area contributed by atoms with Crippen molar-refractivity contribution in [2.24, 2.45) is 0 Å². The minimum absolute atomic E-state index is 0.00539. The molecular weight excluding hydrogens is 338 g/mol. The van der Waals surface area contributed by atoms with Gasteiger partial charge in [-0.05, 0) is 37.1 Å². The first kappa shape index (κ1) is 20.2. The Kier molecular flexibility index (Phi) is 6.73. The van der Waals surface area contributed by atoms with Gasteiger partial charge in [-0.3, -0.25) is 19.6 Å². The number of carbonyl (C=O) groups is 3. The number of hydrogen-bond acceptors (Lipinski definition) is 5. The molecule has 2 atom stereocenters. The van der Waals surface area contributed by atoms with Gasteiger partial charge in [-0.1, -0.05) is 5.92 Å². The zero-order chi connectivity index (χ0) is 19.2. The topological polar surface area (TPSA) is 116 Å². The Morgan fingerprint density at radius 1 is 1.20 bits per heavy atom. The zero-order valence-electron chi connectivity index (χ0n) is 13.3. The molecule has 1 unspecified atom stereocenters. The summed E-state index contributed by atoms with van der Waals surface area (Å²) in [6.45, 7) is 1.94. The second-order valence-corrected chi connectivity index (χ2v) is 5.29. The molecule has 7 nitrogen and oxygen atoms in total. The van der Waals surface area contributed by atoms with Crippen LogP contribution in [0.5, 0.6) is 0 Å². The lowest BCUT2D eigenvalue weighted by molar-refractivity contribution is -0.149. The summed E-state index contributed by atoms with van der Waals surface area (Å²) < 4.78 is 25.8. The van der Waals surface area contributed by atoms with Crippen molar-refractivity contribution in [2.75, 3.05) is 0 Å². The molecule has 0 aliphatic rings. The highest BCUT2D eigenvalue weighted by Gasteiger charge is 2.46. The molecule has 0 aliphatic carbocycles. The van der Waals surface area contributed by atoms with E-state index in [1.165, 1.54) is 31.2 Å². The van der Waals surface area contributed by atoms with Gasteiger partial charge in [0.2, 0.25) is 5.78 Å². The lowest BCUT2D eigenvalue weighted by Gasteiger charge is -2.30. The van der Waals surface area contributed by atoms with E-state index >= 15 is 0 Å². The molecule has 134 valence electrons. The molecule has 1 rings (SSSR count). The van der Waals surface area contributed by atoms with Crippen LogP contribution >= 0.6 is 0 Å². The minimum atomic E-state index is -3.36. The Morgan fingerprint density at radius 2 is 1.76 bits per heavy atom. The molecule has 0 aliphatic heterocycles. The maximum Gasteiger partial charge on any atom is 0.269 e. The van der Waals surface area contributed by atoms with Gasteiger partial charge in [0.15, 0.2) is 5.60 Å². The van der Waals surface area contributed by atoms with Crippen LogP contribution < -0.4 is 10.8 Å². The van der Waals surface area contributed by atoms with E-state index in [9.17, 15) is 28.3 Å². The van der Waals surface area contributed by atoms with Crippen molar-refractivity contribution in [3.8, 4) is 11.8 Å². The molecule has 1 aromatic rings. The number of carbonyl (C=O) groups excluding carboxylic acids is 3. The van der Waals surface area contributed by atoms with Gasteiger partial charge in [0, 0.05) is 18.1 Å². The molecule has 9 heteroatoms. The fourth-order valence-corrected chi connectivity index (χ4v) is 1.75. The number of hydroxylamine groups is 1. The second kappa shape index (κ2) is 8.32. The number of aliphatic hydroxyl groups is 1. The number of Topliss-reactive ketones (excluding diaryl/α,β-unsaturated/α-hetero) is 1. The summed E-state index contributed by atoms with van der Waals surface area (Å²) >= 11 is 0. The average Bonchev–Trinajstić information content (AvgIpc) is 2.57. The van der Waals surface area contributed by atoms with Crippen LogP contribution in [0.1, 0.15) is 29.8 Å². The van der Waals surface area contributed by atoms with Gasteiger partial charge in [-0.2, -0.15) is 0 Å². The highest BCUT2D eigenvalue weighted by atomic mass is 19.3. The van der Waals surface area contributed by atoms with Crippen molar-refractivity contribution in [2.45, 2.75) is 31.9 Å². The van der Waals surface area contributed by atoms with E-state index in [0.29, 0.717) is 12.5 Å². The number of halogens is 2. The molecule has 0 bridgehead atoms. The molecule has 25 heavy (non-hydrogen) atoms. The van der Waals surface area contributed by atoms with Gasteiger partial charge in [-0.25, -0.2) is 14.3 Å². The Hall–Kier alpha value is -2.83. The summed E-state index contributed by atoms with van der Waals surface area (Å²) in [5.74, 6) is 2.19. The predicted octanol–water partition coefficient (Wildman–Crippen LogP) is 0.247. The number of nitrogens with one attached hydrogen (secondary N) is 2. The number of ketones is 1. The minimum Gasteiger partial charge on any atom is -0.381 e. The van der Waals surface area contributed by atoms with Crippen LogP contribution in [0.3, 0.4) is 0 Å². The number of hydrogen-bond donors (Lipinski definition) is 4. The van der Waals surface area contributed by atoms with E-state index in [0.717, 1.165) is 5.48 Å². The van der Waals surface area contributed by atoms with Crippen LogP contribution in [0, 0.1) is 11.8 Å². The van der Waals surface area contributed by atoms with E-state index in [-0.39, 0.29) is 11.3 Å². The monoisotopic (exact) mass is 354 g/mol. The van der Waals surface area contributed by atoms with Crippen LogP contribution in [-0.4, -0.2) is 46.0 Å². The summed E-state index contributed by atoms with van der Waals surface area (Å²) in [7, 11) is 0.